The van der Waals surface area contributed by atoms with E-state index in [0.29, 0.717) is 23.4 Å². The zero-order valence-corrected chi connectivity index (χ0v) is 30.8. The van der Waals surface area contributed by atoms with Crippen LogP contribution in [0, 0.1) is 5.92 Å². The fourth-order valence-corrected chi connectivity index (χ4v) is 9.32. The number of para-hydroxylation sites is 1. The molecule has 3 heterocycles. The highest BCUT2D eigenvalue weighted by molar-refractivity contribution is 7.26. The summed E-state index contributed by atoms with van der Waals surface area (Å²) in [7, 11) is 0. The maximum Gasteiger partial charge on any atom is 0.164 e. The topological polar surface area (TPSA) is 51.8 Å². The molecule has 0 fully saturated rings. The lowest BCUT2D eigenvalue weighted by Gasteiger charge is -2.13. The zero-order chi connectivity index (χ0) is 36.5. The van der Waals surface area contributed by atoms with E-state index in [1.807, 2.05) is 53.8 Å². The lowest BCUT2D eigenvalue weighted by atomic mass is 9.93. The van der Waals surface area contributed by atoms with E-state index >= 15 is 0 Å². The van der Waals surface area contributed by atoms with Crippen molar-refractivity contribution in [2.45, 2.75) is 13.3 Å². The first-order chi connectivity index (χ1) is 27.2. The number of nitrogens with zero attached hydrogens (tertiary/aromatic N) is 3. The number of hydrogen-bond donors (Lipinski definition) is 0. The van der Waals surface area contributed by atoms with Gasteiger partial charge in [-0.1, -0.05) is 153 Å². The molecule has 0 bridgehead atoms. The van der Waals surface area contributed by atoms with Gasteiger partial charge in [0.1, 0.15) is 11.2 Å². The summed E-state index contributed by atoms with van der Waals surface area (Å²) in [5, 5.41) is 7.08. The van der Waals surface area contributed by atoms with Crippen molar-refractivity contribution in [1.29, 1.82) is 0 Å². The molecule has 4 nitrogen and oxygen atoms in total. The van der Waals surface area contributed by atoms with E-state index in [-0.39, 0.29) is 0 Å². The van der Waals surface area contributed by atoms with Gasteiger partial charge in [-0.25, -0.2) is 15.0 Å². The van der Waals surface area contributed by atoms with Crippen LogP contribution < -0.4 is 0 Å². The molecule has 10 aromatic rings. The predicted octanol–water partition coefficient (Wildman–Crippen LogP) is 13.9. The SMILES string of the molecule is CC1C=CC(c2ccc(-c3nc(-c4ccccc4)nc(-c4cccc5oc6c(-c7cc8sc9ccccc9c8c8ccccc78)cccc6c45)n3)cc2)=CC1. The minimum Gasteiger partial charge on any atom is -0.455 e. The van der Waals surface area contributed by atoms with Gasteiger partial charge in [-0.3, -0.25) is 0 Å². The Bertz CT molecular complexity index is 3190. The molecular formula is C50H33N3OS. The van der Waals surface area contributed by atoms with Gasteiger partial charge in [-0.05, 0) is 58.0 Å². The van der Waals surface area contributed by atoms with E-state index in [1.165, 1.54) is 42.1 Å². The van der Waals surface area contributed by atoms with Gasteiger partial charge in [-0.15, -0.1) is 11.3 Å². The number of allylic oxidation sites excluding steroid dienone is 4. The fourth-order valence-electron chi connectivity index (χ4n) is 8.15. The number of rotatable bonds is 5. The first-order valence-corrected chi connectivity index (χ1v) is 19.6. The summed E-state index contributed by atoms with van der Waals surface area (Å²) in [6, 6.07) is 51.2. The Balaban J connectivity index is 1.10. The third kappa shape index (κ3) is 5.30. The minimum atomic E-state index is 0.572. The maximum atomic E-state index is 6.85. The van der Waals surface area contributed by atoms with E-state index in [9.17, 15) is 0 Å². The summed E-state index contributed by atoms with van der Waals surface area (Å²) in [5.41, 5.74) is 9.09. The molecule has 1 aliphatic carbocycles. The average Bonchev–Trinajstić information content (AvgIpc) is 3.83. The summed E-state index contributed by atoms with van der Waals surface area (Å²) in [5.74, 6) is 2.44. The van der Waals surface area contributed by atoms with Crippen LogP contribution in [0.5, 0.6) is 0 Å². The standard InChI is InChI=1S/C50H33N3OS/c1-30-21-23-31(24-22-30)32-25-27-34(28-26-32)49-51-48(33-11-3-2-4-12-33)52-50(53-49)40-18-10-19-42-45(40)39-17-9-16-37(47(39)54-42)41-29-44-46(36-14-6-5-13-35(36)41)38-15-7-8-20-43(38)55-44/h2-21,23-30H,22H2,1H3. The van der Waals surface area contributed by atoms with Crippen molar-refractivity contribution in [2.24, 2.45) is 5.92 Å². The number of furan rings is 1. The number of aromatic nitrogens is 3. The molecule has 11 rings (SSSR count). The Hall–Kier alpha value is -6.69. The zero-order valence-electron chi connectivity index (χ0n) is 30.0. The second-order valence-corrected chi connectivity index (χ2v) is 15.5. The van der Waals surface area contributed by atoms with Gasteiger partial charge in [0.15, 0.2) is 17.5 Å². The molecule has 0 saturated carbocycles. The normalized spacial score (nSPS) is 14.4. The molecule has 0 saturated heterocycles. The van der Waals surface area contributed by atoms with Gasteiger partial charge in [0, 0.05) is 53.2 Å². The molecular weight excluding hydrogens is 691 g/mol. The van der Waals surface area contributed by atoms with Gasteiger partial charge in [-0.2, -0.15) is 0 Å². The Morgan fingerprint density at radius 1 is 0.527 bits per heavy atom. The summed E-state index contributed by atoms with van der Waals surface area (Å²) in [6.07, 6.45) is 7.88. The molecule has 0 amide bonds. The molecule has 1 atom stereocenters. The van der Waals surface area contributed by atoms with Crippen LogP contribution in [-0.4, -0.2) is 15.0 Å². The van der Waals surface area contributed by atoms with Crippen molar-refractivity contribution in [1.82, 2.24) is 15.0 Å². The first-order valence-electron chi connectivity index (χ1n) is 18.7. The molecule has 0 spiro atoms. The van der Waals surface area contributed by atoms with E-state index < -0.39 is 0 Å². The third-order valence-corrected chi connectivity index (χ3v) is 12.0. The third-order valence-electron chi connectivity index (χ3n) is 10.9. The van der Waals surface area contributed by atoms with Crippen molar-refractivity contribution < 1.29 is 4.42 Å². The largest absolute Gasteiger partial charge is 0.455 e. The smallest absolute Gasteiger partial charge is 0.164 e. The highest BCUT2D eigenvalue weighted by Crippen LogP contribution is 2.46. The van der Waals surface area contributed by atoms with Gasteiger partial charge >= 0.3 is 0 Å². The molecule has 1 unspecified atom stereocenters. The van der Waals surface area contributed by atoms with E-state index in [2.05, 4.69) is 128 Å². The first kappa shape index (κ1) is 31.8. The highest BCUT2D eigenvalue weighted by atomic mass is 32.1. The predicted molar refractivity (Wildman–Crippen MR) is 230 cm³/mol. The molecule has 7 aromatic carbocycles. The lowest BCUT2D eigenvalue weighted by Crippen LogP contribution is -2.00. The second kappa shape index (κ2) is 12.7. The summed E-state index contributed by atoms with van der Waals surface area (Å²) in [6.45, 7) is 2.25. The van der Waals surface area contributed by atoms with Crippen molar-refractivity contribution >= 4 is 69.8 Å². The lowest BCUT2D eigenvalue weighted by molar-refractivity contribution is 0.670. The van der Waals surface area contributed by atoms with E-state index in [0.717, 1.165) is 56.2 Å². The van der Waals surface area contributed by atoms with Crippen molar-refractivity contribution in [3.05, 3.63) is 169 Å². The Kier molecular flexibility index (Phi) is 7.36. The Morgan fingerprint density at radius 2 is 1.18 bits per heavy atom. The Labute approximate surface area is 321 Å². The Morgan fingerprint density at radius 3 is 1.98 bits per heavy atom. The fraction of sp³-hybridized carbons (Fsp3) is 0.0600. The van der Waals surface area contributed by atoms with Crippen LogP contribution in [0.15, 0.2) is 168 Å². The number of fused-ring (bicyclic) bond motifs is 8. The van der Waals surface area contributed by atoms with Gasteiger partial charge in [0.05, 0.1) is 0 Å². The maximum absolute atomic E-state index is 6.85. The van der Waals surface area contributed by atoms with Crippen molar-refractivity contribution in [3.8, 4) is 45.3 Å². The summed E-state index contributed by atoms with van der Waals surface area (Å²) >= 11 is 1.84. The van der Waals surface area contributed by atoms with Gasteiger partial charge < -0.3 is 4.42 Å². The number of hydrogen-bond acceptors (Lipinski definition) is 5. The summed E-state index contributed by atoms with van der Waals surface area (Å²) < 4.78 is 9.41. The second-order valence-electron chi connectivity index (χ2n) is 14.4. The van der Waals surface area contributed by atoms with Crippen LogP contribution in [-0.2, 0) is 0 Å². The van der Waals surface area contributed by atoms with Gasteiger partial charge in [0.2, 0.25) is 0 Å². The number of thiophene rings is 1. The molecule has 0 N–H and O–H groups in total. The van der Waals surface area contributed by atoms with Crippen LogP contribution in [0.4, 0.5) is 0 Å². The van der Waals surface area contributed by atoms with Crippen LogP contribution >= 0.6 is 11.3 Å². The quantitative estimate of drug-likeness (QED) is 0.177. The molecule has 0 radical (unpaired) electrons. The van der Waals surface area contributed by atoms with E-state index in [4.69, 9.17) is 19.4 Å². The molecule has 3 aromatic heterocycles. The monoisotopic (exact) mass is 723 g/mol. The van der Waals surface area contributed by atoms with Gasteiger partial charge in [0.25, 0.3) is 0 Å². The van der Waals surface area contributed by atoms with Crippen LogP contribution in [0.25, 0.3) is 104 Å². The molecule has 1 aliphatic rings. The van der Waals surface area contributed by atoms with Crippen LogP contribution in [0.2, 0.25) is 0 Å². The van der Waals surface area contributed by atoms with E-state index in [1.54, 1.807) is 0 Å². The molecule has 55 heavy (non-hydrogen) atoms. The minimum absolute atomic E-state index is 0.572. The molecule has 260 valence electrons. The van der Waals surface area contributed by atoms with Crippen LogP contribution in [0.3, 0.4) is 0 Å². The number of benzene rings is 7. The highest BCUT2D eigenvalue weighted by Gasteiger charge is 2.21. The molecule has 0 aliphatic heterocycles. The molecule has 5 heteroatoms. The van der Waals surface area contributed by atoms with Crippen molar-refractivity contribution in [3.63, 3.8) is 0 Å². The summed E-state index contributed by atoms with van der Waals surface area (Å²) in [4.78, 5) is 15.3. The average molecular weight is 724 g/mol. The van der Waals surface area contributed by atoms with Crippen molar-refractivity contribution in [2.75, 3.05) is 0 Å². The van der Waals surface area contributed by atoms with Crippen LogP contribution in [0.1, 0.15) is 18.9 Å².